The molecule has 0 aliphatic rings. The maximum absolute atomic E-state index is 14.3. The summed E-state index contributed by atoms with van der Waals surface area (Å²) in [4.78, 5) is 3.15. The number of hydrogen-bond acceptors (Lipinski definition) is 3. The minimum absolute atomic E-state index is 0.103. The molecule has 0 radical (unpaired) electrons. The van der Waals surface area contributed by atoms with E-state index < -0.39 is 43.9 Å². The average molecular weight is 420 g/mol. The van der Waals surface area contributed by atoms with Gasteiger partial charge in [0.2, 0.25) is 0 Å². The summed E-state index contributed by atoms with van der Waals surface area (Å²) in [7, 11) is -4.44. The van der Waals surface area contributed by atoms with Crippen molar-refractivity contribution in [2.75, 3.05) is 4.72 Å². The number of hydrogen-bond donors (Lipinski definition) is 1. The van der Waals surface area contributed by atoms with E-state index in [1.54, 1.807) is 4.72 Å². The molecule has 0 fully saturated rings. The monoisotopic (exact) mass is 420 g/mol. The number of nitrogens with one attached hydrogen (secondary N) is 1. The molecule has 0 saturated carbocycles. The highest BCUT2D eigenvalue weighted by Gasteiger charge is 2.22. The third-order valence-corrected chi connectivity index (χ3v) is 5.34. The molecular formula is C20H12F4N2O2S. The highest BCUT2D eigenvalue weighted by molar-refractivity contribution is 7.92. The van der Waals surface area contributed by atoms with Gasteiger partial charge in [-0.25, -0.2) is 26.0 Å². The Morgan fingerprint density at radius 3 is 2.21 bits per heavy atom. The van der Waals surface area contributed by atoms with Crippen LogP contribution in [0.5, 0.6) is 0 Å². The predicted molar refractivity (Wildman–Crippen MR) is 98.5 cm³/mol. The molecule has 3 rings (SSSR count). The van der Waals surface area contributed by atoms with Gasteiger partial charge in [0, 0.05) is 22.9 Å². The van der Waals surface area contributed by atoms with E-state index in [2.05, 4.69) is 16.8 Å². The largest absolute Gasteiger partial charge is 0.274 e. The van der Waals surface area contributed by atoms with Crippen molar-refractivity contribution in [1.29, 1.82) is 0 Å². The summed E-state index contributed by atoms with van der Waals surface area (Å²) in [6.07, 6.45) is 2.25. The van der Waals surface area contributed by atoms with Gasteiger partial charge >= 0.3 is 0 Å². The number of benzene rings is 2. The zero-order valence-electron chi connectivity index (χ0n) is 14.8. The summed E-state index contributed by atoms with van der Waals surface area (Å²) < 4.78 is 82.0. The van der Waals surface area contributed by atoms with Gasteiger partial charge in [0.15, 0.2) is 11.6 Å². The Kier molecular flexibility index (Phi) is 5.57. The second-order valence-electron chi connectivity index (χ2n) is 5.93. The van der Waals surface area contributed by atoms with Crippen LogP contribution in [0.2, 0.25) is 0 Å². The molecule has 4 nitrogen and oxygen atoms in total. The lowest BCUT2D eigenvalue weighted by molar-refractivity contribution is 0.579. The molecule has 29 heavy (non-hydrogen) atoms. The van der Waals surface area contributed by atoms with Gasteiger partial charge in [0.25, 0.3) is 10.0 Å². The molecule has 0 saturated heterocycles. The highest BCUT2D eigenvalue weighted by atomic mass is 32.2. The third-order valence-electron chi connectivity index (χ3n) is 3.84. The van der Waals surface area contributed by atoms with Gasteiger partial charge in [-0.2, -0.15) is 0 Å². The number of sulfonamides is 1. The Morgan fingerprint density at radius 2 is 1.55 bits per heavy atom. The van der Waals surface area contributed by atoms with E-state index in [9.17, 15) is 26.0 Å². The average Bonchev–Trinajstić information content (AvgIpc) is 2.65. The Bertz CT molecular complexity index is 1240. The first-order valence-electron chi connectivity index (χ1n) is 8.07. The SMILES string of the molecule is Cc1c(F)cccc1S(=O)(=O)Nc1c(F)cc(C#Cc2cncc(F)c2)cc1F. The van der Waals surface area contributed by atoms with Gasteiger partial charge in [-0.1, -0.05) is 17.9 Å². The van der Waals surface area contributed by atoms with E-state index in [0.29, 0.717) is 0 Å². The van der Waals surface area contributed by atoms with Crippen LogP contribution in [0.25, 0.3) is 0 Å². The summed E-state index contributed by atoms with van der Waals surface area (Å²) in [5.41, 5.74) is -1.02. The van der Waals surface area contributed by atoms with Crippen LogP contribution in [0.3, 0.4) is 0 Å². The number of nitrogens with zero attached hydrogens (tertiary/aromatic N) is 1. The molecule has 1 N–H and O–H groups in total. The summed E-state index contributed by atoms with van der Waals surface area (Å²) >= 11 is 0. The lowest BCUT2D eigenvalue weighted by Crippen LogP contribution is -2.17. The molecule has 3 aromatic rings. The number of anilines is 1. The van der Waals surface area contributed by atoms with E-state index in [0.717, 1.165) is 36.5 Å². The van der Waals surface area contributed by atoms with Crippen LogP contribution in [-0.4, -0.2) is 13.4 Å². The lowest BCUT2D eigenvalue weighted by atomic mass is 10.1. The van der Waals surface area contributed by atoms with Gasteiger partial charge in [-0.3, -0.25) is 9.71 Å². The fraction of sp³-hybridized carbons (Fsp3) is 0.0500. The first-order valence-corrected chi connectivity index (χ1v) is 9.55. The molecule has 0 aliphatic carbocycles. The maximum Gasteiger partial charge on any atom is 0.262 e. The summed E-state index contributed by atoms with van der Waals surface area (Å²) in [6.45, 7) is 1.23. The molecule has 2 aromatic carbocycles. The van der Waals surface area contributed by atoms with E-state index in [4.69, 9.17) is 0 Å². The minimum Gasteiger partial charge on any atom is -0.274 e. The van der Waals surface area contributed by atoms with Gasteiger partial charge in [0.05, 0.1) is 11.1 Å². The smallest absolute Gasteiger partial charge is 0.262 e. The summed E-state index contributed by atoms with van der Waals surface area (Å²) in [5, 5.41) is 0. The van der Waals surface area contributed by atoms with Gasteiger partial charge in [0.1, 0.15) is 17.3 Å². The zero-order valence-corrected chi connectivity index (χ0v) is 15.6. The van der Waals surface area contributed by atoms with Crippen LogP contribution in [0.4, 0.5) is 23.2 Å². The third kappa shape index (κ3) is 4.55. The van der Waals surface area contributed by atoms with E-state index in [1.807, 2.05) is 0 Å². The molecule has 0 atom stereocenters. The summed E-state index contributed by atoms with van der Waals surface area (Å²) in [6, 6.07) is 6.08. The van der Waals surface area contributed by atoms with E-state index in [-0.39, 0.29) is 16.7 Å². The van der Waals surface area contributed by atoms with Crippen LogP contribution < -0.4 is 4.72 Å². The van der Waals surface area contributed by atoms with Crippen LogP contribution in [0.15, 0.2) is 53.7 Å². The Balaban J connectivity index is 1.93. The second-order valence-corrected chi connectivity index (χ2v) is 7.58. The lowest BCUT2D eigenvalue weighted by Gasteiger charge is -2.12. The molecule has 0 amide bonds. The van der Waals surface area contributed by atoms with Gasteiger partial charge in [-0.15, -0.1) is 0 Å². The highest BCUT2D eigenvalue weighted by Crippen LogP contribution is 2.26. The Labute approximate surface area is 164 Å². The van der Waals surface area contributed by atoms with Crippen molar-refractivity contribution in [3.63, 3.8) is 0 Å². The van der Waals surface area contributed by atoms with Crippen molar-refractivity contribution in [1.82, 2.24) is 4.98 Å². The first-order chi connectivity index (χ1) is 13.7. The van der Waals surface area contributed by atoms with Crippen molar-refractivity contribution in [2.24, 2.45) is 0 Å². The van der Waals surface area contributed by atoms with Crippen molar-refractivity contribution in [3.8, 4) is 11.8 Å². The van der Waals surface area contributed by atoms with Crippen molar-refractivity contribution < 1.29 is 26.0 Å². The number of pyridine rings is 1. The molecular weight excluding hydrogens is 408 g/mol. The van der Waals surface area contributed by atoms with Gasteiger partial charge < -0.3 is 0 Å². The van der Waals surface area contributed by atoms with Crippen LogP contribution in [0, 0.1) is 42.0 Å². The molecule has 1 aromatic heterocycles. The normalized spacial score (nSPS) is 10.9. The quantitative estimate of drug-likeness (QED) is 0.512. The minimum atomic E-state index is -4.44. The maximum atomic E-state index is 14.3. The van der Waals surface area contributed by atoms with Crippen LogP contribution >= 0.6 is 0 Å². The fourth-order valence-corrected chi connectivity index (χ4v) is 3.77. The van der Waals surface area contributed by atoms with E-state index in [1.165, 1.54) is 19.2 Å². The molecule has 9 heteroatoms. The molecule has 148 valence electrons. The van der Waals surface area contributed by atoms with Crippen LogP contribution in [-0.2, 0) is 10.0 Å². The zero-order chi connectivity index (χ0) is 21.2. The fourth-order valence-electron chi connectivity index (χ4n) is 2.44. The molecule has 1 heterocycles. The number of aromatic nitrogens is 1. The number of halogens is 4. The van der Waals surface area contributed by atoms with Crippen molar-refractivity contribution in [3.05, 3.63) is 88.8 Å². The Morgan fingerprint density at radius 1 is 0.897 bits per heavy atom. The topological polar surface area (TPSA) is 59.1 Å². The Hall–Kier alpha value is -3.38. The van der Waals surface area contributed by atoms with Crippen molar-refractivity contribution in [2.45, 2.75) is 11.8 Å². The molecule has 0 bridgehead atoms. The first kappa shape index (κ1) is 20.4. The van der Waals surface area contributed by atoms with E-state index >= 15 is 0 Å². The van der Waals surface area contributed by atoms with Crippen LogP contribution in [0.1, 0.15) is 16.7 Å². The van der Waals surface area contributed by atoms with Crippen molar-refractivity contribution >= 4 is 15.7 Å². The second kappa shape index (κ2) is 7.93. The standard InChI is InChI=1S/C20H12F4N2O2S/c1-12-16(22)3-2-4-19(12)29(27,28)26-20-17(23)8-13(9-18(20)24)5-6-14-7-15(21)11-25-10-14/h2-4,7-11,26H,1H3. The summed E-state index contributed by atoms with van der Waals surface area (Å²) in [5.74, 6) is 1.11. The molecule has 0 spiro atoms. The molecule has 0 aliphatic heterocycles. The number of rotatable bonds is 3. The predicted octanol–water partition coefficient (Wildman–Crippen LogP) is 4.15. The molecule has 0 unspecified atom stereocenters. The van der Waals surface area contributed by atoms with Gasteiger partial charge in [-0.05, 0) is 37.3 Å².